The Hall–Kier alpha value is -1.29. The molecule has 1 heterocycles. The van der Waals surface area contributed by atoms with Crippen molar-refractivity contribution in [1.29, 1.82) is 0 Å². The highest BCUT2D eigenvalue weighted by atomic mass is 19.1. The van der Waals surface area contributed by atoms with Crippen LogP contribution in [-0.4, -0.2) is 31.0 Å². The standard InChI is InChI=1S/C13H19FN2O/c14-7-5-10-9-16(8-6-13(10)17)12-3-1-11(15)2-4-12/h1-4,10,13,17H,5-9,15H2/t10-,13-/m1/s1. The molecule has 0 spiro atoms. The lowest BCUT2D eigenvalue weighted by molar-refractivity contribution is 0.0794. The second-order valence-corrected chi connectivity index (χ2v) is 4.63. The number of aliphatic hydroxyl groups is 1. The molecule has 0 bridgehead atoms. The summed E-state index contributed by atoms with van der Waals surface area (Å²) in [6.07, 6.45) is 0.776. The molecule has 1 fully saturated rings. The molecule has 2 atom stereocenters. The number of halogens is 1. The molecule has 1 aliphatic rings. The molecule has 0 aromatic heterocycles. The van der Waals surface area contributed by atoms with E-state index in [9.17, 15) is 9.50 Å². The number of rotatable bonds is 3. The van der Waals surface area contributed by atoms with E-state index in [1.807, 2.05) is 24.3 Å². The van der Waals surface area contributed by atoms with Crippen LogP contribution in [0.1, 0.15) is 12.8 Å². The summed E-state index contributed by atoms with van der Waals surface area (Å²) in [5, 5.41) is 9.80. The molecule has 94 valence electrons. The fourth-order valence-electron chi connectivity index (χ4n) is 2.36. The van der Waals surface area contributed by atoms with Gasteiger partial charge in [0.15, 0.2) is 0 Å². The van der Waals surface area contributed by atoms with Crippen LogP contribution in [0.25, 0.3) is 0 Å². The lowest BCUT2D eigenvalue weighted by Gasteiger charge is -2.37. The number of aliphatic hydroxyl groups excluding tert-OH is 1. The minimum Gasteiger partial charge on any atom is -0.399 e. The second kappa shape index (κ2) is 5.36. The molecule has 0 unspecified atom stereocenters. The molecule has 1 aromatic carbocycles. The van der Waals surface area contributed by atoms with Gasteiger partial charge in [-0.2, -0.15) is 0 Å². The van der Waals surface area contributed by atoms with E-state index >= 15 is 0 Å². The average molecular weight is 238 g/mol. The molecule has 0 amide bonds. The SMILES string of the molecule is Nc1ccc(N2CC[C@@H](O)[C@H](CCF)C2)cc1. The predicted octanol–water partition coefficient (Wildman–Crippen LogP) is 1.82. The van der Waals surface area contributed by atoms with Gasteiger partial charge in [-0.05, 0) is 37.1 Å². The highest BCUT2D eigenvalue weighted by molar-refractivity contribution is 5.53. The number of hydrogen-bond acceptors (Lipinski definition) is 3. The number of benzene rings is 1. The summed E-state index contributed by atoms with van der Waals surface area (Å²) >= 11 is 0. The van der Waals surface area contributed by atoms with Crippen molar-refractivity contribution in [3.8, 4) is 0 Å². The van der Waals surface area contributed by atoms with Crippen molar-refractivity contribution in [2.24, 2.45) is 5.92 Å². The van der Waals surface area contributed by atoms with E-state index in [4.69, 9.17) is 5.73 Å². The third-order valence-electron chi connectivity index (χ3n) is 3.43. The number of alkyl halides is 1. The van der Waals surface area contributed by atoms with Gasteiger partial charge in [0.25, 0.3) is 0 Å². The number of nitrogens with two attached hydrogens (primary N) is 1. The van der Waals surface area contributed by atoms with Crippen molar-refractivity contribution >= 4 is 11.4 Å². The van der Waals surface area contributed by atoms with Crippen molar-refractivity contribution in [3.05, 3.63) is 24.3 Å². The van der Waals surface area contributed by atoms with Gasteiger partial charge < -0.3 is 15.7 Å². The summed E-state index contributed by atoms with van der Waals surface area (Å²) in [4.78, 5) is 2.19. The Balaban J connectivity index is 2.04. The van der Waals surface area contributed by atoms with Gasteiger partial charge in [0, 0.05) is 30.4 Å². The Kier molecular flexibility index (Phi) is 3.84. The maximum Gasteiger partial charge on any atom is 0.0898 e. The molecule has 1 aliphatic heterocycles. The zero-order valence-electron chi connectivity index (χ0n) is 9.85. The van der Waals surface area contributed by atoms with Crippen LogP contribution in [-0.2, 0) is 0 Å². The number of nitrogens with zero attached hydrogens (tertiary/aromatic N) is 1. The maximum atomic E-state index is 12.4. The van der Waals surface area contributed by atoms with Crippen LogP contribution < -0.4 is 10.6 Å². The Morgan fingerprint density at radius 3 is 2.71 bits per heavy atom. The molecule has 2 rings (SSSR count). The fraction of sp³-hybridized carbons (Fsp3) is 0.538. The fourth-order valence-corrected chi connectivity index (χ4v) is 2.36. The molecule has 1 saturated heterocycles. The van der Waals surface area contributed by atoms with Gasteiger partial charge in [0.05, 0.1) is 12.8 Å². The second-order valence-electron chi connectivity index (χ2n) is 4.63. The van der Waals surface area contributed by atoms with Gasteiger partial charge in [0.2, 0.25) is 0 Å². The molecule has 3 nitrogen and oxygen atoms in total. The van der Waals surface area contributed by atoms with Crippen LogP contribution in [0.2, 0.25) is 0 Å². The number of anilines is 2. The molecule has 1 aromatic rings. The Morgan fingerprint density at radius 2 is 2.06 bits per heavy atom. The number of piperidine rings is 1. The van der Waals surface area contributed by atoms with E-state index in [1.54, 1.807) is 0 Å². The van der Waals surface area contributed by atoms with Crippen LogP contribution in [0.4, 0.5) is 15.8 Å². The predicted molar refractivity (Wildman–Crippen MR) is 67.8 cm³/mol. The van der Waals surface area contributed by atoms with Gasteiger partial charge in [-0.3, -0.25) is 4.39 Å². The van der Waals surface area contributed by atoms with E-state index in [0.29, 0.717) is 12.8 Å². The number of hydrogen-bond donors (Lipinski definition) is 2. The number of nitrogen functional groups attached to an aromatic ring is 1. The third kappa shape index (κ3) is 2.88. The summed E-state index contributed by atoms with van der Waals surface area (Å²) in [5.74, 6) is 0.0336. The Bertz CT molecular complexity index is 355. The van der Waals surface area contributed by atoms with Gasteiger partial charge >= 0.3 is 0 Å². The van der Waals surface area contributed by atoms with Gasteiger partial charge in [0.1, 0.15) is 0 Å². The molecule has 3 N–H and O–H groups in total. The lowest BCUT2D eigenvalue weighted by atomic mass is 9.92. The van der Waals surface area contributed by atoms with Crippen LogP contribution in [0.5, 0.6) is 0 Å². The summed E-state index contributed by atoms with van der Waals surface area (Å²) in [6, 6.07) is 7.67. The van der Waals surface area contributed by atoms with Crippen molar-refractivity contribution in [3.63, 3.8) is 0 Å². The highest BCUT2D eigenvalue weighted by Gasteiger charge is 2.27. The quantitative estimate of drug-likeness (QED) is 0.790. The Labute approximate surface area is 101 Å². The monoisotopic (exact) mass is 238 g/mol. The molecule has 0 saturated carbocycles. The molecule has 0 radical (unpaired) electrons. The summed E-state index contributed by atoms with van der Waals surface area (Å²) < 4.78 is 12.4. The molecule has 4 heteroatoms. The first-order valence-corrected chi connectivity index (χ1v) is 6.05. The minimum absolute atomic E-state index is 0.0336. The van der Waals surface area contributed by atoms with Gasteiger partial charge in [-0.15, -0.1) is 0 Å². The molecule has 0 aliphatic carbocycles. The minimum atomic E-state index is -0.365. The first kappa shape index (κ1) is 12.2. The summed E-state index contributed by atoms with van der Waals surface area (Å²) in [6.45, 7) is 1.17. The van der Waals surface area contributed by atoms with Gasteiger partial charge in [-0.1, -0.05) is 0 Å². The van der Waals surface area contributed by atoms with Crippen LogP contribution >= 0.6 is 0 Å². The largest absolute Gasteiger partial charge is 0.399 e. The highest BCUT2D eigenvalue weighted by Crippen LogP contribution is 2.26. The van der Waals surface area contributed by atoms with E-state index in [1.165, 1.54) is 0 Å². The van der Waals surface area contributed by atoms with Crippen molar-refractivity contribution in [2.75, 3.05) is 30.4 Å². The maximum absolute atomic E-state index is 12.4. The molecular weight excluding hydrogens is 219 g/mol. The zero-order valence-corrected chi connectivity index (χ0v) is 9.85. The van der Waals surface area contributed by atoms with Crippen molar-refractivity contribution in [1.82, 2.24) is 0 Å². The zero-order chi connectivity index (χ0) is 12.3. The molecular formula is C13H19FN2O. The smallest absolute Gasteiger partial charge is 0.0898 e. The average Bonchev–Trinajstić information content (AvgIpc) is 2.33. The van der Waals surface area contributed by atoms with E-state index in [2.05, 4.69) is 4.90 Å². The van der Waals surface area contributed by atoms with Crippen LogP contribution in [0, 0.1) is 5.92 Å². The lowest BCUT2D eigenvalue weighted by Crippen LogP contribution is -2.43. The summed E-state index contributed by atoms with van der Waals surface area (Å²) in [7, 11) is 0. The Morgan fingerprint density at radius 1 is 1.35 bits per heavy atom. The topological polar surface area (TPSA) is 49.5 Å². The third-order valence-corrected chi connectivity index (χ3v) is 3.43. The summed E-state index contributed by atoms with van der Waals surface area (Å²) in [5.41, 5.74) is 7.48. The van der Waals surface area contributed by atoms with Crippen LogP contribution in [0.15, 0.2) is 24.3 Å². The first-order valence-electron chi connectivity index (χ1n) is 6.05. The van der Waals surface area contributed by atoms with Crippen LogP contribution in [0.3, 0.4) is 0 Å². The normalized spacial score (nSPS) is 24.9. The van der Waals surface area contributed by atoms with E-state index in [-0.39, 0.29) is 18.7 Å². The van der Waals surface area contributed by atoms with Crippen molar-refractivity contribution in [2.45, 2.75) is 18.9 Å². The first-order chi connectivity index (χ1) is 8.20. The van der Waals surface area contributed by atoms with E-state index in [0.717, 1.165) is 24.5 Å². The van der Waals surface area contributed by atoms with E-state index < -0.39 is 0 Å². The van der Waals surface area contributed by atoms with Gasteiger partial charge in [-0.25, -0.2) is 0 Å². The molecule has 17 heavy (non-hydrogen) atoms. The van der Waals surface area contributed by atoms with Crippen molar-refractivity contribution < 1.29 is 9.50 Å².